The Morgan fingerprint density at radius 2 is 1.66 bits per heavy atom. The molecule has 0 spiro atoms. The number of aryl methyl sites for hydroxylation is 1. The van der Waals surface area contributed by atoms with Crippen LogP contribution in [0.15, 0.2) is 99.2 Å². The predicted molar refractivity (Wildman–Crippen MR) is 116 cm³/mol. The zero-order chi connectivity index (χ0) is 19.8. The lowest BCUT2D eigenvalue weighted by Crippen LogP contribution is -2.19. The molecule has 5 rings (SSSR count). The Hall–Kier alpha value is -3.66. The third-order valence-electron chi connectivity index (χ3n) is 5.41. The van der Waals surface area contributed by atoms with Gasteiger partial charge in [-0.1, -0.05) is 66.7 Å². The van der Waals surface area contributed by atoms with Gasteiger partial charge in [0.2, 0.25) is 0 Å². The molecular formula is C25H20N2O2. The normalized spacial score (nSPS) is 16.2. The lowest BCUT2D eigenvalue weighted by molar-refractivity contribution is 0.559. The molecule has 1 aliphatic rings. The van der Waals surface area contributed by atoms with E-state index in [9.17, 15) is 4.79 Å². The molecular weight excluding hydrogens is 360 g/mol. The van der Waals surface area contributed by atoms with Crippen LogP contribution < -0.4 is 10.6 Å². The van der Waals surface area contributed by atoms with E-state index in [0.717, 1.165) is 22.3 Å². The van der Waals surface area contributed by atoms with E-state index in [-0.39, 0.29) is 11.7 Å². The third-order valence-corrected chi connectivity index (χ3v) is 5.41. The van der Waals surface area contributed by atoms with Gasteiger partial charge in [0.25, 0.3) is 0 Å². The average molecular weight is 380 g/mol. The fourth-order valence-electron chi connectivity index (χ4n) is 3.91. The fraction of sp³-hybridized carbons (Fsp3) is 0.120. The van der Waals surface area contributed by atoms with Crippen LogP contribution in [-0.2, 0) is 0 Å². The smallest absolute Gasteiger partial charge is 0.345 e. The minimum Gasteiger partial charge on any atom is -0.422 e. The molecule has 0 saturated heterocycles. The van der Waals surface area contributed by atoms with Crippen LogP contribution in [0.25, 0.3) is 11.0 Å². The van der Waals surface area contributed by atoms with E-state index in [1.807, 2.05) is 65.7 Å². The summed E-state index contributed by atoms with van der Waals surface area (Å²) in [5.74, 6) is 0. The van der Waals surface area contributed by atoms with Crippen LogP contribution in [0.4, 0.5) is 5.69 Å². The maximum atomic E-state index is 12.7. The van der Waals surface area contributed by atoms with E-state index in [1.54, 1.807) is 0 Å². The first kappa shape index (κ1) is 17.4. The number of hydrogen-bond acceptors (Lipinski definition) is 4. The molecule has 1 aromatic heterocycles. The molecule has 0 unspecified atom stereocenters. The van der Waals surface area contributed by atoms with Crippen LogP contribution in [0.1, 0.15) is 29.2 Å². The summed E-state index contributed by atoms with van der Waals surface area (Å²) >= 11 is 0. The van der Waals surface area contributed by atoms with Crippen LogP contribution in [0.5, 0.6) is 0 Å². The van der Waals surface area contributed by atoms with Crippen molar-refractivity contribution in [3.8, 4) is 0 Å². The van der Waals surface area contributed by atoms with Crippen LogP contribution >= 0.6 is 0 Å². The van der Waals surface area contributed by atoms with Crippen molar-refractivity contribution >= 4 is 22.4 Å². The van der Waals surface area contributed by atoms with Crippen LogP contribution in [0.3, 0.4) is 0 Å². The van der Waals surface area contributed by atoms with E-state index in [1.165, 1.54) is 5.56 Å². The summed E-state index contributed by atoms with van der Waals surface area (Å²) in [5.41, 5.74) is 4.88. The summed E-state index contributed by atoms with van der Waals surface area (Å²) in [7, 11) is 0. The Kier molecular flexibility index (Phi) is 4.24. The molecule has 3 aromatic carbocycles. The molecule has 0 radical (unpaired) electrons. The van der Waals surface area contributed by atoms with Crippen molar-refractivity contribution in [2.24, 2.45) is 5.10 Å². The molecule has 4 heteroatoms. The molecule has 2 heterocycles. The Morgan fingerprint density at radius 1 is 0.931 bits per heavy atom. The summed E-state index contributed by atoms with van der Waals surface area (Å²) in [6, 6.07) is 28.0. The third kappa shape index (κ3) is 3.13. The van der Waals surface area contributed by atoms with Gasteiger partial charge in [0, 0.05) is 11.8 Å². The molecule has 4 aromatic rings. The summed E-state index contributed by atoms with van der Waals surface area (Å²) in [6.45, 7) is 2.08. The average Bonchev–Trinajstić information content (AvgIpc) is 3.19. The lowest BCUT2D eigenvalue weighted by Gasteiger charge is -2.25. The van der Waals surface area contributed by atoms with E-state index in [0.29, 0.717) is 17.6 Å². The molecule has 0 N–H and O–H groups in total. The monoisotopic (exact) mass is 380 g/mol. The molecule has 0 bridgehead atoms. The largest absolute Gasteiger partial charge is 0.422 e. The highest BCUT2D eigenvalue weighted by atomic mass is 16.4. The van der Waals surface area contributed by atoms with Gasteiger partial charge in [0.15, 0.2) is 0 Å². The SMILES string of the molecule is Cc1ccccc1N1N=C(c2cc3ccccc3oc2=O)C[C@H]1c1ccccc1. The number of para-hydroxylation sites is 2. The first-order valence-corrected chi connectivity index (χ1v) is 9.71. The van der Waals surface area contributed by atoms with Crippen LogP contribution in [-0.4, -0.2) is 5.71 Å². The lowest BCUT2D eigenvalue weighted by atomic mass is 9.98. The van der Waals surface area contributed by atoms with E-state index in [4.69, 9.17) is 9.52 Å². The van der Waals surface area contributed by atoms with Gasteiger partial charge in [0.1, 0.15) is 5.58 Å². The first-order valence-electron chi connectivity index (χ1n) is 9.71. The summed E-state index contributed by atoms with van der Waals surface area (Å²) in [4.78, 5) is 12.7. The molecule has 0 saturated carbocycles. The van der Waals surface area contributed by atoms with Crippen molar-refractivity contribution < 1.29 is 4.42 Å². The quantitative estimate of drug-likeness (QED) is 0.444. The zero-order valence-corrected chi connectivity index (χ0v) is 16.1. The maximum absolute atomic E-state index is 12.7. The maximum Gasteiger partial charge on any atom is 0.345 e. The minimum absolute atomic E-state index is 0.0261. The van der Waals surface area contributed by atoms with Gasteiger partial charge >= 0.3 is 5.63 Å². The van der Waals surface area contributed by atoms with Gasteiger partial charge in [-0.3, -0.25) is 5.01 Å². The van der Waals surface area contributed by atoms with E-state index in [2.05, 4.69) is 31.2 Å². The van der Waals surface area contributed by atoms with Crippen molar-refractivity contribution in [2.45, 2.75) is 19.4 Å². The van der Waals surface area contributed by atoms with Crippen molar-refractivity contribution in [3.63, 3.8) is 0 Å². The van der Waals surface area contributed by atoms with Gasteiger partial charge in [-0.25, -0.2) is 4.79 Å². The topological polar surface area (TPSA) is 45.8 Å². The number of hydrogen-bond donors (Lipinski definition) is 0. The highest BCUT2D eigenvalue weighted by Crippen LogP contribution is 2.37. The fourth-order valence-corrected chi connectivity index (χ4v) is 3.91. The van der Waals surface area contributed by atoms with E-state index >= 15 is 0 Å². The Bertz CT molecular complexity index is 1270. The van der Waals surface area contributed by atoms with Crippen LogP contribution in [0, 0.1) is 6.92 Å². The second-order valence-electron chi connectivity index (χ2n) is 7.29. The highest BCUT2D eigenvalue weighted by Gasteiger charge is 2.31. The number of anilines is 1. The van der Waals surface area contributed by atoms with Crippen molar-refractivity contribution in [3.05, 3.63) is 112 Å². The molecule has 1 atom stereocenters. The van der Waals surface area contributed by atoms with Gasteiger partial charge in [-0.15, -0.1) is 0 Å². The molecule has 0 fully saturated rings. The Balaban J connectivity index is 1.65. The summed E-state index contributed by atoms with van der Waals surface area (Å²) < 4.78 is 5.56. The molecule has 0 aliphatic carbocycles. The predicted octanol–water partition coefficient (Wildman–Crippen LogP) is 5.46. The second-order valence-corrected chi connectivity index (χ2v) is 7.29. The number of fused-ring (bicyclic) bond motifs is 1. The number of hydrazone groups is 1. The number of benzene rings is 3. The van der Waals surface area contributed by atoms with Crippen molar-refractivity contribution in [2.75, 3.05) is 5.01 Å². The molecule has 1 aliphatic heterocycles. The van der Waals surface area contributed by atoms with Gasteiger partial charge in [-0.05, 0) is 36.2 Å². The number of rotatable bonds is 3. The molecule has 142 valence electrons. The summed E-state index contributed by atoms with van der Waals surface area (Å²) in [5, 5.41) is 7.84. The van der Waals surface area contributed by atoms with Gasteiger partial charge in [0.05, 0.1) is 23.0 Å². The van der Waals surface area contributed by atoms with Crippen LogP contribution in [0.2, 0.25) is 0 Å². The van der Waals surface area contributed by atoms with Crippen molar-refractivity contribution in [1.29, 1.82) is 0 Å². The van der Waals surface area contributed by atoms with Crippen molar-refractivity contribution in [1.82, 2.24) is 0 Å². The Labute approximate surface area is 168 Å². The molecule has 0 amide bonds. The molecule has 29 heavy (non-hydrogen) atoms. The number of nitrogens with zero attached hydrogens (tertiary/aromatic N) is 2. The van der Waals surface area contributed by atoms with Gasteiger partial charge < -0.3 is 4.42 Å². The molecule has 4 nitrogen and oxygen atoms in total. The van der Waals surface area contributed by atoms with Gasteiger partial charge in [-0.2, -0.15) is 5.10 Å². The zero-order valence-electron chi connectivity index (χ0n) is 16.1. The first-order chi connectivity index (χ1) is 14.2. The second kappa shape index (κ2) is 7.06. The highest BCUT2D eigenvalue weighted by molar-refractivity contribution is 6.04. The summed E-state index contributed by atoms with van der Waals surface area (Å²) in [6.07, 6.45) is 0.640. The Morgan fingerprint density at radius 3 is 2.48 bits per heavy atom. The standard InChI is InChI=1S/C25H20N2O2/c1-17-9-5-7-13-22(17)27-23(18-10-3-2-4-11-18)16-21(26-27)20-15-19-12-6-8-14-24(19)29-25(20)28/h2-15,23H,16H2,1H3/t23-/m0/s1. The van der Waals surface area contributed by atoms with E-state index < -0.39 is 0 Å². The minimum atomic E-state index is -0.346.